The Morgan fingerprint density at radius 3 is 2.78 bits per heavy atom. The van der Waals surface area contributed by atoms with Gasteiger partial charge in [0.2, 0.25) is 5.56 Å². The van der Waals surface area contributed by atoms with E-state index in [9.17, 15) is 9.59 Å². The van der Waals surface area contributed by atoms with Gasteiger partial charge in [0.05, 0.1) is 5.56 Å². The molecule has 6 heteroatoms. The average molecular weight is 272 g/mol. The van der Waals surface area contributed by atoms with E-state index in [1.807, 2.05) is 11.8 Å². The first-order valence-corrected chi connectivity index (χ1v) is 5.78. The predicted octanol–water partition coefficient (Wildman–Crippen LogP) is 0.241. The van der Waals surface area contributed by atoms with Crippen LogP contribution in [0.3, 0.4) is 0 Å². The number of amides is 1. The second kappa shape index (κ2) is 6.02. The van der Waals surface area contributed by atoms with Crippen LogP contribution in [-0.2, 0) is 7.05 Å². The summed E-state index contributed by atoms with van der Waals surface area (Å²) in [6, 6.07) is 3.22. The van der Waals surface area contributed by atoms with Crippen molar-refractivity contribution < 1.29 is 4.79 Å². The van der Waals surface area contributed by atoms with E-state index in [0.717, 1.165) is 13.1 Å². The molecule has 2 heterocycles. The minimum Gasteiger partial charge on any atom is -0.333 e. The fourth-order valence-electron chi connectivity index (χ4n) is 2.03. The summed E-state index contributed by atoms with van der Waals surface area (Å²) in [5.41, 5.74) is 0.468. The molecule has 1 saturated heterocycles. The van der Waals surface area contributed by atoms with E-state index >= 15 is 0 Å². The SMILES string of the molecule is C[C@H]1CNCCN1C(=O)c1ccc(=O)n(C)c1.Cl. The summed E-state index contributed by atoms with van der Waals surface area (Å²) in [5, 5.41) is 3.24. The first kappa shape index (κ1) is 14.7. The van der Waals surface area contributed by atoms with Gasteiger partial charge in [-0.15, -0.1) is 12.4 Å². The van der Waals surface area contributed by atoms with Crippen molar-refractivity contribution in [1.82, 2.24) is 14.8 Å². The second-order valence-electron chi connectivity index (χ2n) is 4.42. The van der Waals surface area contributed by atoms with Crippen molar-refractivity contribution in [3.63, 3.8) is 0 Å². The molecule has 0 bridgehead atoms. The third-order valence-corrected chi connectivity index (χ3v) is 3.09. The number of hydrogen-bond acceptors (Lipinski definition) is 3. The quantitative estimate of drug-likeness (QED) is 0.796. The third-order valence-electron chi connectivity index (χ3n) is 3.09. The molecule has 1 aromatic heterocycles. The number of carbonyl (C=O) groups is 1. The second-order valence-corrected chi connectivity index (χ2v) is 4.42. The molecule has 18 heavy (non-hydrogen) atoms. The normalized spacial score (nSPS) is 19.2. The molecule has 1 aromatic rings. The summed E-state index contributed by atoms with van der Waals surface area (Å²) in [5.74, 6) is -0.00500. The molecule has 2 rings (SSSR count). The zero-order chi connectivity index (χ0) is 12.4. The summed E-state index contributed by atoms with van der Waals surface area (Å²) >= 11 is 0. The fraction of sp³-hybridized carbons (Fsp3) is 0.500. The lowest BCUT2D eigenvalue weighted by atomic mass is 10.1. The van der Waals surface area contributed by atoms with Gasteiger partial charge in [-0.3, -0.25) is 9.59 Å². The van der Waals surface area contributed by atoms with Gasteiger partial charge in [-0.05, 0) is 13.0 Å². The summed E-state index contributed by atoms with van der Waals surface area (Å²) < 4.78 is 1.43. The van der Waals surface area contributed by atoms with Gasteiger partial charge >= 0.3 is 0 Å². The average Bonchev–Trinajstić information content (AvgIpc) is 2.32. The summed E-state index contributed by atoms with van der Waals surface area (Å²) in [4.78, 5) is 25.4. The molecule has 5 nitrogen and oxygen atoms in total. The largest absolute Gasteiger partial charge is 0.333 e. The number of rotatable bonds is 1. The summed E-state index contributed by atoms with van der Waals surface area (Å²) in [6.45, 7) is 4.37. The van der Waals surface area contributed by atoms with Crippen molar-refractivity contribution in [2.24, 2.45) is 7.05 Å². The molecule has 0 aliphatic carbocycles. The molecular formula is C12H18ClN3O2. The highest BCUT2D eigenvalue weighted by molar-refractivity contribution is 5.94. The maximum Gasteiger partial charge on any atom is 0.255 e. The highest BCUT2D eigenvalue weighted by Gasteiger charge is 2.24. The number of hydrogen-bond donors (Lipinski definition) is 1. The first-order chi connectivity index (χ1) is 8.09. The molecule has 1 aliphatic rings. The molecule has 0 saturated carbocycles. The molecule has 1 N–H and O–H groups in total. The Morgan fingerprint density at radius 2 is 2.17 bits per heavy atom. The van der Waals surface area contributed by atoms with E-state index in [-0.39, 0.29) is 29.9 Å². The van der Waals surface area contributed by atoms with E-state index in [4.69, 9.17) is 0 Å². The van der Waals surface area contributed by atoms with Gasteiger partial charge in [0.1, 0.15) is 0 Å². The van der Waals surface area contributed by atoms with Crippen LogP contribution >= 0.6 is 12.4 Å². The minimum absolute atomic E-state index is 0. The standard InChI is InChI=1S/C12H17N3O2.ClH/c1-9-7-13-5-6-15(9)12(17)10-3-4-11(16)14(2)8-10;/h3-4,8-9,13H,5-7H2,1-2H3;1H/t9-;/m0./s1. The van der Waals surface area contributed by atoms with Crippen LogP contribution in [0.2, 0.25) is 0 Å². The van der Waals surface area contributed by atoms with Crippen LogP contribution in [0.5, 0.6) is 0 Å². The van der Waals surface area contributed by atoms with Gasteiger partial charge in [-0.25, -0.2) is 0 Å². The van der Waals surface area contributed by atoms with Crippen LogP contribution in [0.4, 0.5) is 0 Å². The predicted molar refractivity (Wildman–Crippen MR) is 72.3 cm³/mol. The molecular weight excluding hydrogens is 254 g/mol. The highest BCUT2D eigenvalue weighted by Crippen LogP contribution is 2.08. The minimum atomic E-state index is -0.102. The number of nitrogens with zero attached hydrogens (tertiary/aromatic N) is 2. The van der Waals surface area contributed by atoms with Crippen LogP contribution in [-0.4, -0.2) is 41.1 Å². The Balaban J connectivity index is 0.00000162. The van der Waals surface area contributed by atoms with Crippen molar-refractivity contribution in [3.05, 3.63) is 34.2 Å². The zero-order valence-corrected chi connectivity index (χ0v) is 11.4. The van der Waals surface area contributed by atoms with Crippen molar-refractivity contribution in [2.45, 2.75) is 13.0 Å². The van der Waals surface area contributed by atoms with Gasteiger partial charge in [-0.2, -0.15) is 0 Å². The summed E-state index contributed by atoms with van der Waals surface area (Å²) in [6.07, 6.45) is 1.60. The molecule has 0 aromatic carbocycles. The molecule has 0 radical (unpaired) electrons. The lowest BCUT2D eigenvalue weighted by molar-refractivity contribution is 0.0655. The topological polar surface area (TPSA) is 54.3 Å². The van der Waals surface area contributed by atoms with Crippen molar-refractivity contribution in [1.29, 1.82) is 0 Å². The maximum atomic E-state index is 12.3. The van der Waals surface area contributed by atoms with E-state index in [1.54, 1.807) is 19.3 Å². The number of aromatic nitrogens is 1. The van der Waals surface area contributed by atoms with Crippen LogP contribution in [0.15, 0.2) is 23.1 Å². The van der Waals surface area contributed by atoms with Gasteiger partial charge in [0.25, 0.3) is 5.91 Å². The van der Waals surface area contributed by atoms with E-state index in [1.165, 1.54) is 10.6 Å². The van der Waals surface area contributed by atoms with Gasteiger partial charge in [0.15, 0.2) is 0 Å². The molecule has 1 fully saturated rings. The highest BCUT2D eigenvalue weighted by atomic mass is 35.5. The Morgan fingerprint density at radius 1 is 1.44 bits per heavy atom. The van der Waals surface area contributed by atoms with E-state index < -0.39 is 0 Å². The van der Waals surface area contributed by atoms with Crippen molar-refractivity contribution >= 4 is 18.3 Å². The van der Waals surface area contributed by atoms with Gasteiger partial charge in [-0.1, -0.05) is 0 Å². The van der Waals surface area contributed by atoms with Crippen LogP contribution < -0.4 is 10.9 Å². The Kier molecular flexibility index (Phi) is 4.93. The Hall–Kier alpha value is -1.33. The van der Waals surface area contributed by atoms with E-state index in [2.05, 4.69) is 5.32 Å². The van der Waals surface area contributed by atoms with E-state index in [0.29, 0.717) is 12.1 Å². The molecule has 0 spiro atoms. The lowest BCUT2D eigenvalue weighted by Crippen LogP contribution is -2.52. The third kappa shape index (κ3) is 2.91. The number of aryl methyl sites for hydroxylation is 1. The number of carbonyl (C=O) groups excluding carboxylic acids is 1. The van der Waals surface area contributed by atoms with Crippen molar-refractivity contribution in [3.8, 4) is 0 Å². The van der Waals surface area contributed by atoms with Crippen LogP contribution in [0.1, 0.15) is 17.3 Å². The van der Waals surface area contributed by atoms with Crippen LogP contribution in [0, 0.1) is 0 Å². The number of halogens is 1. The Bertz CT molecular complexity index is 486. The smallest absolute Gasteiger partial charge is 0.255 e. The number of pyridine rings is 1. The monoisotopic (exact) mass is 271 g/mol. The van der Waals surface area contributed by atoms with Gasteiger partial charge < -0.3 is 14.8 Å². The Labute approximate surface area is 112 Å². The number of nitrogens with one attached hydrogen (secondary N) is 1. The molecule has 1 aliphatic heterocycles. The first-order valence-electron chi connectivity index (χ1n) is 5.78. The lowest BCUT2D eigenvalue weighted by Gasteiger charge is -2.34. The molecule has 100 valence electrons. The maximum absolute atomic E-state index is 12.3. The molecule has 1 atom stereocenters. The summed E-state index contributed by atoms with van der Waals surface area (Å²) in [7, 11) is 1.65. The fourth-order valence-corrected chi connectivity index (χ4v) is 2.03. The molecule has 1 amide bonds. The zero-order valence-electron chi connectivity index (χ0n) is 10.5. The molecule has 0 unspecified atom stereocenters. The van der Waals surface area contributed by atoms with Crippen molar-refractivity contribution in [2.75, 3.05) is 19.6 Å². The number of piperazine rings is 1. The van der Waals surface area contributed by atoms with Crippen LogP contribution in [0.25, 0.3) is 0 Å². The van der Waals surface area contributed by atoms with Gasteiger partial charge in [0, 0.05) is 45.0 Å².